The molecule has 0 spiro atoms. The summed E-state index contributed by atoms with van der Waals surface area (Å²) >= 11 is 6.03. The Bertz CT molecular complexity index is 1080. The van der Waals surface area contributed by atoms with Gasteiger partial charge in [0.15, 0.2) is 10.9 Å². The number of hydrogen-bond acceptors (Lipinski definition) is 5. The SMILES string of the molecule is Cn1cnc(S(=O)(=O)N2CCC[C@H](c3ncc(Cc4cccc(Cl)c4)o3)C2)c1. The molecule has 0 saturated carbocycles. The van der Waals surface area contributed by atoms with Crippen molar-refractivity contribution in [3.63, 3.8) is 0 Å². The maximum absolute atomic E-state index is 12.8. The normalized spacial score (nSPS) is 18.4. The van der Waals surface area contributed by atoms with Crippen molar-refractivity contribution >= 4 is 21.6 Å². The van der Waals surface area contributed by atoms with E-state index in [-0.39, 0.29) is 10.9 Å². The molecule has 0 bridgehead atoms. The van der Waals surface area contributed by atoms with Gasteiger partial charge in [0.25, 0.3) is 10.0 Å². The minimum atomic E-state index is -3.61. The number of aromatic nitrogens is 3. The van der Waals surface area contributed by atoms with Gasteiger partial charge in [-0.05, 0) is 30.5 Å². The lowest BCUT2D eigenvalue weighted by Gasteiger charge is -2.29. The Balaban J connectivity index is 1.48. The van der Waals surface area contributed by atoms with Crippen LogP contribution in [0.15, 0.2) is 52.4 Å². The molecule has 28 heavy (non-hydrogen) atoms. The second kappa shape index (κ2) is 7.69. The van der Waals surface area contributed by atoms with Gasteiger partial charge in [0.05, 0.1) is 12.5 Å². The highest BCUT2D eigenvalue weighted by Gasteiger charge is 2.34. The number of piperidine rings is 1. The van der Waals surface area contributed by atoms with Crippen molar-refractivity contribution in [2.24, 2.45) is 7.05 Å². The van der Waals surface area contributed by atoms with E-state index in [2.05, 4.69) is 9.97 Å². The van der Waals surface area contributed by atoms with Crippen molar-refractivity contribution in [3.8, 4) is 0 Å². The van der Waals surface area contributed by atoms with Gasteiger partial charge < -0.3 is 8.98 Å². The third-order valence-corrected chi connectivity index (χ3v) is 6.84. The summed E-state index contributed by atoms with van der Waals surface area (Å²) in [5.74, 6) is 1.25. The van der Waals surface area contributed by atoms with Crippen molar-refractivity contribution < 1.29 is 12.8 Å². The van der Waals surface area contributed by atoms with Crippen LogP contribution in [-0.4, -0.2) is 40.3 Å². The van der Waals surface area contributed by atoms with E-state index in [9.17, 15) is 8.42 Å². The summed E-state index contributed by atoms with van der Waals surface area (Å²) in [6, 6.07) is 7.60. The molecule has 0 radical (unpaired) electrons. The Hall–Kier alpha value is -2.16. The van der Waals surface area contributed by atoms with Gasteiger partial charge in [0, 0.05) is 43.7 Å². The van der Waals surface area contributed by atoms with E-state index in [1.54, 1.807) is 17.8 Å². The Morgan fingerprint density at radius 2 is 2.18 bits per heavy atom. The van der Waals surface area contributed by atoms with Gasteiger partial charge in [-0.25, -0.2) is 18.4 Å². The molecule has 0 amide bonds. The quantitative estimate of drug-likeness (QED) is 0.633. The van der Waals surface area contributed by atoms with Gasteiger partial charge in [0.1, 0.15) is 5.76 Å². The summed E-state index contributed by atoms with van der Waals surface area (Å²) in [6.07, 6.45) is 6.91. The van der Waals surface area contributed by atoms with E-state index in [1.807, 2.05) is 24.3 Å². The fourth-order valence-corrected chi connectivity index (χ4v) is 5.16. The van der Waals surface area contributed by atoms with Gasteiger partial charge in [-0.2, -0.15) is 4.31 Å². The molecule has 3 aromatic rings. The highest BCUT2D eigenvalue weighted by molar-refractivity contribution is 7.89. The van der Waals surface area contributed by atoms with Gasteiger partial charge in [-0.15, -0.1) is 0 Å². The number of aryl methyl sites for hydroxylation is 1. The number of nitrogens with zero attached hydrogens (tertiary/aromatic N) is 4. The summed E-state index contributed by atoms with van der Waals surface area (Å²) < 4.78 is 34.7. The van der Waals surface area contributed by atoms with E-state index >= 15 is 0 Å². The summed E-state index contributed by atoms with van der Waals surface area (Å²) in [7, 11) is -1.86. The summed E-state index contributed by atoms with van der Waals surface area (Å²) in [5.41, 5.74) is 1.04. The summed E-state index contributed by atoms with van der Waals surface area (Å²) in [4.78, 5) is 8.41. The van der Waals surface area contributed by atoms with Crippen molar-refractivity contribution in [2.75, 3.05) is 13.1 Å². The van der Waals surface area contributed by atoms with Crippen molar-refractivity contribution in [3.05, 3.63) is 65.2 Å². The van der Waals surface area contributed by atoms with E-state index < -0.39 is 10.0 Å². The number of imidazole rings is 1. The fraction of sp³-hybridized carbons (Fsp3) is 0.368. The van der Waals surface area contributed by atoms with Crippen LogP contribution in [0, 0.1) is 0 Å². The molecule has 1 aliphatic heterocycles. The molecule has 0 unspecified atom stereocenters. The van der Waals surface area contributed by atoms with Crippen LogP contribution in [0.25, 0.3) is 0 Å². The molecule has 9 heteroatoms. The Morgan fingerprint density at radius 3 is 2.93 bits per heavy atom. The van der Waals surface area contributed by atoms with Crippen LogP contribution < -0.4 is 0 Å². The molecule has 0 N–H and O–H groups in total. The highest BCUT2D eigenvalue weighted by atomic mass is 35.5. The minimum absolute atomic E-state index is 0.0691. The van der Waals surface area contributed by atoms with Crippen molar-refractivity contribution in [1.29, 1.82) is 0 Å². The molecule has 1 aromatic carbocycles. The zero-order valence-corrected chi connectivity index (χ0v) is 17.0. The van der Waals surface area contributed by atoms with Crippen molar-refractivity contribution in [2.45, 2.75) is 30.2 Å². The molecule has 1 saturated heterocycles. The molecular weight excluding hydrogens is 400 g/mol. The molecule has 3 heterocycles. The predicted molar refractivity (Wildman–Crippen MR) is 105 cm³/mol. The number of halogens is 1. The fourth-order valence-electron chi connectivity index (χ4n) is 3.46. The molecule has 148 valence electrons. The number of sulfonamides is 1. The standard InChI is InChI=1S/C19H21ClN4O3S/c1-23-12-18(22-13-23)28(25,26)24-7-3-5-15(11-24)19-21-10-17(27-19)9-14-4-2-6-16(20)8-14/h2,4,6,8,10,12-13,15H,3,5,7,9,11H2,1H3/t15-/m0/s1. The zero-order chi connectivity index (χ0) is 19.7. The molecule has 4 rings (SSSR count). The minimum Gasteiger partial charge on any atom is -0.445 e. The largest absolute Gasteiger partial charge is 0.445 e. The first-order valence-electron chi connectivity index (χ1n) is 9.09. The maximum Gasteiger partial charge on any atom is 0.262 e. The number of rotatable bonds is 5. The molecule has 0 aliphatic carbocycles. The van der Waals surface area contributed by atoms with E-state index in [1.165, 1.54) is 16.8 Å². The average Bonchev–Trinajstić information content (AvgIpc) is 3.31. The van der Waals surface area contributed by atoms with Crippen LogP contribution in [0.2, 0.25) is 5.02 Å². The van der Waals surface area contributed by atoms with Gasteiger partial charge in [0.2, 0.25) is 0 Å². The first-order valence-corrected chi connectivity index (χ1v) is 10.9. The van der Waals surface area contributed by atoms with Gasteiger partial charge in [-0.3, -0.25) is 0 Å². The first-order chi connectivity index (χ1) is 13.4. The maximum atomic E-state index is 12.8. The number of oxazole rings is 1. The molecule has 1 atom stereocenters. The van der Waals surface area contributed by atoms with Gasteiger partial charge >= 0.3 is 0 Å². The van der Waals surface area contributed by atoms with Crippen LogP contribution in [0.3, 0.4) is 0 Å². The second-order valence-electron chi connectivity index (χ2n) is 7.05. The third kappa shape index (κ3) is 3.99. The van der Waals surface area contributed by atoms with Crippen LogP contribution in [0.1, 0.15) is 36.0 Å². The lowest BCUT2D eigenvalue weighted by molar-refractivity contribution is 0.281. The van der Waals surface area contributed by atoms with E-state index in [0.717, 1.165) is 24.2 Å². The lowest BCUT2D eigenvalue weighted by atomic mass is 10.00. The van der Waals surface area contributed by atoms with Crippen LogP contribution in [0.4, 0.5) is 0 Å². The predicted octanol–water partition coefficient (Wildman–Crippen LogP) is 3.22. The number of hydrogen-bond donors (Lipinski definition) is 0. The third-order valence-electron chi connectivity index (χ3n) is 4.86. The molecule has 2 aromatic heterocycles. The lowest BCUT2D eigenvalue weighted by Crippen LogP contribution is -2.39. The number of benzene rings is 1. The Morgan fingerprint density at radius 1 is 1.32 bits per heavy atom. The summed E-state index contributed by atoms with van der Waals surface area (Å²) in [5, 5.41) is 0.754. The van der Waals surface area contributed by atoms with Crippen LogP contribution in [0.5, 0.6) is 0 Å². The monoisotopic (exact) mass is 420 g/mol. The summed E-state index contributed by atoms with van der Waals surface area (Å²) in [6.45, 7) is 0.821. The first kappa shape index (κ1) is 19.2. The smallest absolute Gasteiger partial charge is 0.262 e. The zero-order valence-electron chi connectivity index (χ0n) is 15.5. The van der Waals surface area contributed by atoms with E-state index in [0.29, 0.717) is 30.4 Å². The Kier molecular flexibility index (Phi) is 5.27. The molecule has 1 fully saturated rings. The van der Waals surface area contributed by atoms with E-state index in [4.69, 9.17) is 16.0 Å². The van der Waals surface area contributed by atoms with Crippen LogP contribution >= 0.6 is 11.6 Å². The topological polar surface area (TPSA) is 81.2 Å². The average molecular weight is 421 g/mol. The molecule has 1 aliphatic rings. The van der Waals surface area contributed by atoms with Gasteiger partial charge in [-0.1, -0.05) is 23.7 Å². The van der Waals surface area contributed by atoms with Crippen molar-refractivity contribution in [1.82, 2.24) is 18.8 Å². The van der Waals surface area contributed by atoms with Crippen LogP contribution in [-0.2, 0) is 23.5 Å². The molecule has 7 nitrogen and oxygen atoms in total. The Labute approximate surface area is 169 Å². The highest BCUT2D eigenvalue weighted by Crippen LogP contribution is 2.30. The second-order valence-corrected chi connectivity index (χ2v) is 9.37. The molecular formula is C19H21ClN4O3S.